The number of carbonyl (C=O) groups excluding carboxylic acids is 1. The van der Waals surface area contributed by atoms with Gasteiger partial charge in [-0.15, -0.1) is 0 Å². The van der Waals surface area contributed by atoms with Crippen molar-refractivity contribution in [3.8, 4) is 11.8 Å². The molecule has 0 fully saturated rings. The number of thioether (sulfide) groups is 1. The van der Waals surface area contributed by atoms with Gasteiger partial charge in [-0.2, -0.15) is 11.8 Å². The molecule has 1 amide bonds. The van der Waals surface area contributed by atoms with Gasteiger partial charge < -0.3 is 10.4 Å². The number of hydrogen-bond donors (Lipinski definition) is 2. The fraction of sp³-hybridized carbons (Fsp3) is 0.273. The Morgan fingerprint density at radius 3 is 3.19 bits per heavy atom. The van der Waals surface area contributed by atoms with Gasteiger partial charge in [-0.3, -0.25) is 4.79 Å². The van der Waals surface area contributed by atoms with Crippen LogP contribution in [-0.4, -0.2) is 34.6 Å². The summed E-state index contributed by atoms with van der Waals surface area (Å²) in [6.07, 6.45) is 3.42. The Labute approximate surface area is 98.5 Å². The summed E-state index contributed by atoms with van der Waals surface area (Å²) in [4.78, 5) is 15.3. The van der Waals surface area contributed by atoms with Crippen molar-refractivity contribution in [3.63, 3.8) is 0 Å². The summed E-state index contributed by atoms with van der Waals surface area (Å²) >= 11 is 1.45. The number of hydrogen-bond acceptors (Lipinski definition) is 4. The highest BCUT2D eigenvalue weighted by Gasteiger charge is 2.01. The van der Waals surface area contributed by atoms with Gasteiger partial charge in [0.15, 0.2) is 0 Å². The van der Waals surface area contributed by atoms with E-state index < -0.39 is 0 Å². The molecule has 0 aliphatic heterocycles. The largest absolute Gasteiger partial charge is 0.384 e. The Balaban J connectivity index is 2.71. The molecule has 0 radical (unpaired) electrons. The molecule has 1 rings (SSSR count). The molecule has 84 valence electrons. The van der Waals surface area contributed by atoms with Crippen molar-refractivity contribution in [1.29, 1.82) is 0 Å². The van der Waals surface area contributed by atoms with E-state index in [1.54, 1.807) is 18.3 Å². The van der Waals surface area contributed by atoms with Gasteiger partial charge in [-0.1, -0.05) is 11.8 Å². The van der Waals surface area contributed by atoms with Crippen LogP contribution in [0, 0.1) is 11.8 Å². The highest BCUT2D eigenvalue weighted by Crippen LogP contribution is 2.06. The normalized spacial score (nSPS) is 9.12. The SMILES string of the molecule is CSCC(=O)Nc1cc(C#CCO)ccn1. The van der Waals surface area contributed by atoms with E-state index >= 15 is 0 Å². The van der Waals surface area contributed by atoms with Crippen molar-refractivity contribution in [2.24, 2.45) is 0 Å². The summed E-state index contributed by atoms with van der Waals surface area (Å²) < 4.78 is 0. The van der Waals surface area contributed by atoms with Crippen LogP contribution < -0.4 is 5.32 Å². The van der Waals surface area contributed by atoms with Gasteiger partial charge in [0.2, 0.25) is 5.91 Å². The molecule has 16 heavy (non-hydrogen) atoms. The summed E-state index contributed by atoms with van der Waals surface area (Å²) in [5.41, 5.74) is 0.712. The lowest BCUT2D eigenvalue weighted by atomic mass is 10.2. The summed E-state index contributed by atoms with van der Waals surface area (Å²) in [5.74, 6) is 6.06. The molecule has 5 heteroatoms. The van der Waals surface area contributed by atoms with Crippen LogP contribution in [0.2, 0.25) is 0 Å². The first-order valence-corrected chi connectivity index (χ1v) is 6.00. The van der Waals surface area contributed by atoms with Crippen molar-refractivity contribution in [3.05, 3.63) is 23.9 Å². The standard InChI is InChI=1S/C11H12N2O2S/c1-16-8-11(15)13-10-7-9(3-2-6-14)4-5-12-10/h4-5,7,14H,6,8H2,1H3,(H,12,13,15). The molecule has 2 N–H and O–H groups in total. The number of aliphatic hydroxyl groups excluding tert-OH is 1. The predicted molar refractivity (Wildman–Crippen MR) is 65.2 cm³/mol. The lowest BCUT2D eigenvalue weighted by Crippen LogP contribution is -2.14. The van der Waals surface area contributed by atoms with Gasteiger partial charge >= 0.3 is 0 Å². The van der Waals surface area contributed by atoms with Crippen molar-refractivity contribution in [2.45, 2.75) is 0 Å². The minimum atomic E-state index is -0.184. The molecule has 4 nitrogen and oxygen atoms in total. The second kappa shape index (κ2) is 6.88. The number of aromatic nitrogens is 1. The van der Waals surface area contributed by atoms with Gasteiger partial charge in [-0.25, -0.2) is 4.98 Å². The molecule has 0 aromatic carbocycles. The maximum atomic E-state index is 11.3. The Kier molecular flexibility index (Phi) is 5.40. The maximum absolute atomic E-state index is 11.3. The first-order valence-electron chi connectivity index (χ1n) is 4.61. The summed E-state index contributed by atoms with van der Waals surface area (Å²) in [7, 11) is 0. The van der Waals surface area contributed by atoms with Crippen molar-refractivity contribution < 1.29 is 9.90 Å². The van der Waals surface area contributed by atoms with E-state index in [1.165, 1.54) is 11.8 Å². The monoisotopic (exact) mass is 236 g/mol. The van der Waals surface area contributed by atoms with E-state index in [-0.39, 0.29) is 12.5 Å². The zero-order chi connectivity index (χ0) is 11.8. The van der Waals surface area contributed by atoms with Crippen LogP contribution in [0.3, 0.4) is 0 Å². The molecular formula is C11H12N2O2S. The summed E-state index contributed by atoms with van der Waals surface area (Å²) in [6, 6.07) is 3.38. The molecule has 1 aromatic rings. The molecule has 0 bridgehead atoms. The Bertz CT molecular complexity index is 423. The molecule has 0 spiro atoms. The van der Waals surface area contributed by atoms with Crippen molar-refractivity contribution in [2.75, 3.05) is 23.9 Å². The molecule has 1 heterocycles. The van der Waals surface area contributed by atoms with E-state index in [4.69, 9.17) is 5.11 Å². The van der Waals surface area contributed by atoms with Crippen molar-refractivity contribution in [1.82, 2.24) is 4.98 Å². The van der Waals surface area contributed by atoms with Crippen LogP contribution in [-0.2, 0) is 4.79 Å². The minimum absolute atomic E-state index is 0.0905. The van der Waals surface area contributed by atoms with Crippen LogP contribution >= 0.6 is 11.8 Å². The highest BCUT2D eigenvalue weighted by molar-refractivity contribution is 7.99. The zero-order valence-electron chi connectivity index (χ0n) is 8.86. The number of amides is 1. The molecule has 0 atom stereocenters. The lowest BCUT2D eigenvalue weighted by molar-refractivity contribution is -0.113. The minimum Gasteiger partial charge on any atom is -0.384 e. The van der Waals surface area contributed by atoms with Crippen LogP contribution in [0.5, 0.6) is 0 Å². The summed E-state index contributed by atoms with van der Waals surface area (Å²) in [6.45, 7) is -0.184. The average Bonchev–Trinajstić information content (AvgIpc) is 2.27. The predicted octanol–water partition coefficient (Wildman–Crippen LogP) is 0.727. The Hall–Kier alpha value is -1.51. The number of rotatable bonds is 3. The number of nitrogens with zero attached hydrogens (tertiary/aromatic N) is 1. The molecular weight excluding hydrogens is 224 g/mol. The number of nitrogens with one attached hydrogen (secondary N) is 1. The third-order valence-corrected chi connectivity index (χ3v) is 2.17. The van der Waals surface area contributed by atoms with E-state index in [1.807, 2.05) is 6.26 Å². The quantitative estimate of drug-likeness (QED) is 0.759. The van der Waals surface area contributed by atoms with Gasteiger partial charge in [0, 0.05) is 11.8 Å². The second-order valence-electron chi connectivity index (χ2n) is 2.87. The third kappa shape index (κ3) is 4.34. The van der Waals surface area contributed by atoms with E-state index in [0.29, 0.717) is 17.1 Å². The van der Waals surface area contributed by atoms with Gasteiger partial charge in [-0.05, 0) is 18.4 Å². The fourth-order valence-electron chi connectivity index (χ4n) is 1.03. The van der Waals surface area contributed by atoms with Crippen molar-refractivity contribution >= 4 is 23.5 Å². The maximum Gasteiger partial charge on any atom is 0.235 e. The smallest absolute Gasteiger partial charge is 0.235 e. The molecule has 0 saturated carbocycles. The zero-order valence-corrected chi connectivity index (χ0v) is 9.67. The first-order chi connectivity index (χ1) is 7.76. The van der Waals surface area contributed by atoms with Crippen LogP contribution in [0.1, 0.15) is 5.56 Å². The molecule has 0 unspecified atom stereocenters. The number of anilines is 1. The number of carbonyl (C=O) groups is 1. The number of aliphatic hydroxyl groups is 1. The van der Waals surface area contributed by atoms with Crippen LogP contribution in [0.15, 0.2) is 18.3 Å². The lowest BCUT2D eigenvalue weighted by Gasteiger charge is -2.02. The summed E-state index contributed by atoms with van der Waals surface area (Å²) in [5, 5.41) is 11.2. The average molecular weight is 236 g/mol. The van der Waals surface area contributed by atoms with E-state index in [2.05, 4.69) is 22.1 Å². The Morgan fingerprint density at radius 1 is 1.69 bits per heavy atom. The third-order valence-electron chi connectivity index (χ3n) is 1.61. The van der Waals surface area contributed by atoms with Gasteiger partial charge in [0.25, 0.3) is 0 Å². The highest BCUT2D eigenvalue weighted by atomic mass is 32.2. The topological polar surface area (TPSA) is 62.2 Å². The van der Waals surface area contributed by atoms with Crippen LogP contribution in [0.25, 0.3) is 0 Å². The van der Waals surface area contributed by atoms with Gasteiger partial charge in [0.05, 0.1) is 5.75 Å². The molecule has 0 saturated heterocycles. The molecule has 1 aromatic heterocycles. The van der Waals surface area contributed by atoms with Crippen LogP contribution in [0.4, 0.5) is 5.82 Å². The Morgan fingerprint density at radius 2 is 2.50 bits per heavy atom. The van der Waals surface area contributed by atoms with E-state index in [9.17, 15) is 4.79 Å². The fourth-order valence-corrected chi connectivity index (χ4v) is 1.36. The molecule has 0 aliphatic carbocycles. The second-order valence-corrected chi connectivity index (χ2v) is 3.74. The molecule has 0 aliphatic rings. The van der Waals surface area contributed by atoms with E-state index in [0.717, 1.165) is 0 Å². The van der Waals surface area contributed by atoms with Gasteiger partial charge in [0.1, 0.15) is 12.4 Å². The first kappa shape index (κ1) is 12.6. The number of pyridine rings is 1.